The normalized spacial score (nSPS) is 17.2. The van der Waals surface area contributed by atoms with E-state index in [-0.39, 0.29) is 22.9 Å². The number of carbonyl (C=O) groups excluding carboxylic acids is 2. The molecule has 2 amide bonds. The maximum Gasteiger partial charge on any atom is 0.335 e. The Bertz CT molecular complexity index is 1240. The van der Waals surface area contributed by atoms with E-state index in [0.717, 1.165) is 16.5 Å². The van der Waals surface area contributed by atoms with Gasteiger partial charge in [-0.1, -0.05) is 0 Å². The van der Waals surface area contributed by atoms with Crippen molar-refractivity contribution in [1.82, 2.24) is 20.4 Å². The molecule has 2 aromatic carbocycles. The second kappa shape index (κ2) is 6.83. The van der Waals surface area contributed by atoms with Crippen LogP contribution in [0, 0.1) is 6.92 Å². The molecule has 9 nitrogen and oxygen atoms in total. The Morgan fingerprint density at radius 3 is 2.68 bits per heavy atom. The van der Waals surface area contributed by atoms with Crippen molar-refractivity contribution >= 4 is 28.7 Å². The third-order valence-corrected chi connectivity index (χ3v) is 5.97. The number of fused-ring (bicyclic) bond motifs is 2. The molecule has 3 N–H and O–H groups in total. The van der Waals surface area contributed by atoms with E-state index in [1.54, 1.807) is 11.1 Å². The van der Waals surface area contributed by atoms with E-state index in [9.17, 15) is 14.4 Å². The van der Waals surface area contributed by atoms with Crippen molar-refractivity contribution in [2.45, 2.75) is 25.5 Å². The number of nitrogens with one attached hydrogen (secondary N) is 2. The first-order valence-corrected chi connectivity index (χ1v) is 9.97. The van der Waals surface area contributed by atoms with Crippen LogP contribution in [0.5, 0.6) is 5.75 Å². The number of aromatic nitrogens is 2. The zero-order valence-corrected chi connectivity index (χ0v) is 16.8. The van der Waals surface area contributed by atoms with E-state index in [2.05, 4.69) is 15.5 Å². The highest BCUT2D eigenvalue weighted by atomic mass is 16.5. The van der Waals surface area contributed by atoms with Gasteiger partial charge in [0.1, 0.15) is 5.75 Å². The van der Waals surface area contributed by atoms with Crippen LogP contribution in [-0.4, -0.2) is 56.8 Å². The SMILES string of the molecule is Cc1cc(C(=O)N2CCC3(CC2)NC(=O)c2cc(C(=O)O)ccc2O3)cc2cn[nH]c12. The molecule has 31 heavy (non-hydrogen) atoms. The number of aromatic amines is 1. The van der Waals surface area contributed by atoms with Crippen molar-refractivity contribution in [2.24, 2.45) is 0 Å². The molecule has 1 spiro atoms. The molecule has 158 valence electrons. The van der Waals surface area contributed by atoms with Gasteiger partial charge < -0.3 is 20.1 Å². The molecule has 1 aromatic heterocycles. The molecule has 2 aliphatic heterocycles. The first-order chi connectivity index (χ1) is 14.8. The van der Waals surface area contributed by atoms with E-state index >= 15 is 0 Å². The number of ether oxygens (including phenoxy) is 1. The zero-order chi connectivity index (χ0) is 21.8. The fraction of sp³-hybridized carbons (Fsp3) is 0.273. The molecular weight excluding hydrogens is 400 g/mol. The minimum absolute atomic E-state index is 0.0266. The van der Waals surface area contributed by atoms with Gasteiger partial charge in [0.15, 0.2) is 5.72 Å². The van der Waals surface area contributed by atoms with E-state index in [1.807, 2.05) is 19.1 Å². The van der Waals surface area contributed by atoms with Crippen LogP contribution >= 0.6 is 0 Å². The van der Waals surface area contributed by atoms with Crippen molar-refractivity contribution in [3.8, 4) is 5.75 Å². The Labute approximate surface area is 177 Å². The summed E-state index contributed by atoms with van der Waals surface area (Å²) < 4.78 is 6.09. The number of benzene rings is 2. The van der Waals surface area contributed by atoms with E-state index in [4.69, 9.17) is 9.84 Å². The van der Waals surface area contributed by atoms with Gasteiger partial charge in [-0.3, -0.25) is 14.7 Å². The number of nitrogens with zero attached hydrogens (tertiary/aromatic N) is 2. The predicted octanol–water partition coefficient (Wildman–Crippen LogP) is 2.32. The zero-order valence-electron chi connectivity index (χ0n) is 16.8. The number of amides is 2. The number of aromatic carboxylic acids is 1. The van der Waals surface area contributed by atoms with Gasteiger partial charge in [-0.25, -0.2) is 4.79 Å². The quantitative estimate of drug-likeness (QED) is 0.584. The third kappa shape index (κ3) is 3.18. The van der Waals surface area contributed by atoms with E-state index in [0.29, 0.717) is 37.2 Å². The average molecular weight is 420 g/mol. The van der Waals surface area contributed by atoms with Gasteiger partial charge in [0.05, 0.1) is 22.8 Å². The number of likely N-dealkylation sites (tertiary alicyclic amines) is 1. The summed E-state index contributed by atoms with van der Waals surface area (Å²) in [6, 6.07) is 7.92. The Kier molecular flexibility index (Phi) is 4.21. The second-order valence-electron chi connectivity index (χ2n) is 7.99. The largest absolute Gasteiger partial charge is 0.478 e. The Balaban J connectivity index is 1.33. The standard InChI is InChI=1S/C22H20N4O5/c1-12-8-14(9-15-11-23-25-18(12)15)20(28)26-6-4-22(5-7-26)24-19(27)16-10-13(21(29)30)2-3-17(16)31-22/h2-3,8-11H,4-7H2,1H3,(H,23,25)(H,24,27)(H,29,30). The summed E-state index contributed by atoms with van der Waals surface area (Å²) in [6.07, 6.45) is 2.55. The number of piperidine rings is 1. The summed E-state index contributed by atoms with van der Waals surface area (Å²) in [6.45, 7) is 2.77. The molecule has 0 saturated carbocycles. The van der Waals surface area contributed by atoms with Crippen LogP contribution in [0.4, 0.5) is 0 Å². The Hall–Kier alpha value is -3.88. The lowest BCUT2D eigenvalue weighted by Crippen LogP contribution is -2.61. The predicted molar refractivity (Wildman–Crippen MR) is 110 cm³/mol. The maximum absolute atomic E-state index is 13.1. The lowest BCUT2D eigenvalue weighted by atomic mass is 9.95. The number of H-pyrrole nitrogens is 1. The molecule has 0 bridgehead atoms. The molecule has 0 radical (unpaired) electrons. The van der Waals surface area contributed by atoms with Crippen LogP contribution < -0.4 is 10.1 Å². The summed E-state index contributed by atoms with van der Waals surface area (Å²) >= 11 is 0. The molecule has 3 heterocycles. The van der Waals surface area contributed by atoms with Crippen molar-refractivity contribution in [1.29, 1.82) is 0 Å². The van der Waals surface area contributed by atoms with Gasteiger partial charge in [-0.05, 0) is 42.8 Å². The summed E-state index contributed by atoms with van der Waals surface area (Å²) in [5.41, 5.74) is 1.79. The summed E-state index contributed by atoms with van der Waals surface area (Å²) in [5.74, 6) is -1.19. The fourth-order valence-electron chi connectivity index (χ4n) is 4.28. The molecule has 3 aromatic rings. The van der Waals surface area contributed by atoms with Crippen LogP contribution in [0.25, 0.3) is 10.9 Å². The smallest absolute Gasteiger partial charge is 0.335 e. The number of carboxylic acids is 1. The molecule has 1 fully saturated rings. The Morgan fingerprint density at radius 2 is 1.94 bits per heavy atom. The minimum atomic E-state index is -1.11. The molecule has 0 atom stereocenters. The molecule has 2 aliphatic rings. The minimum Gasteiger partial charge on any atom is -0.478 e. The van der Waals surface area contributed by atoms with Gasteiger partial charge in [0.25, 0.3) is 11.8 Å². The van der Waals surface area contributed by atoms with Crippen molar-refractivity contribution in [3.05, 3.63) is 58.8 Å². The molecule has 0 aliphatic carbocycles. The van der Waals surface area contributed by atoms with E-state index < -0.39 is 11.7 Å². The lowest BCUT2D eigenvalue weighted by molar-refractivity contribution is -0.0245. The van der Waals surface area contributed by atoms with Crippen LogP contribution in [-0.2, 0) is 0 Å². The monoisotopic (exact) mass is 420 g/mol. The number of aryl methyl sites for hydroxylation is 1. The maximum atomic E-state index is 13.1. The topological polar surface area (TPSA) is 125 Å². The van der Waals surface area contributed by atoms with Gasteiger partial charge >= 0.3 is 5.97 Å². The highest BCUT2D eigenvalue weighted by molar-refractivity contribution is 6.01. The van der Waals surface area contributed by atoms with Gasteiger partial charge in [-0.2, -0.15) is 5.10 Å². The first kappa shape index (κ1) is 19.1. The van der Waals surface area contributed by atoms with E-state index in [1.165, 1.54) is 18.2 Å². The van der Waals surface area contributed by atoms with Crippen molar-refractivity contribution in [2.75, 3.05) is 13.1 Å². The molecule has 5 rings (SSSR count). The summed E-state index contributed by atoms with van der Waals surface area (Å²) in [7, 11) is 0. The fourth-order valence-corrected chi connectivity index (χ4v) is 4.28. The van der Waals surface area contributed by atoms with Gasteiger partial charge in [0.2, 0.25) is 0 Å². The number of hydrogen-bond donors (Lipinski definition) is 3. The molecule has 9 heteroatoms. The third-order valence-electron chi connectivity index (χ3n) is 5.97. The molecule has 1 saturated heterocycles. The summed E-state index contributed by atoms with van der Waals surface area (Å²) in [4.78, 5) is 38.6. The lowest BCUT2D eigenvalue weighted by Gasteiger charge is -2.44. The highest BCUT2D eigenvalue weighted by Crippen LogP contribution is 2.34. The molecule has 0 unspecified atom stereocenters. The van der Waals surface area contributed by atoms with Crippen LogP contribution in [0.2, 0.25) is 0 Å². The number of carbonyl (C=O) groups is 3. The average Bonchev–Trinajstić information content (AvgIpc) is 3.23. The number of rotatable bonds is 2. The van der Waals surface area contributed by atoms with Gasteiger partial charge in [0, 0.05) is 36.9 Å². The van der Waals surface area contributed by atoms with Crippen molar-refractivity contribution in [3.63, 3.8) is 0 Å². The van der Waals surface area contributed by atoms with Crippen LogP contribution in [0.3, 0.4) is 0 Å². The Morgan fingerprint density at radius 1 is 1.16 bits per heavy atom. The highest BCUT2D eigenvalue weighted by Gasteiger charge is 2.43. The van der Waals surface area contributed by atoms with Gasteiger partial charge in [-0.15, -0.1) is 0 Å². The van der Waals surface area contributed by atoms with Crippen molar-refractivity contribution < 1.29 is 24.2 Å². The number of carboxylic acid groups (broad SMARTS) is 1. The van der Waals surface area contributed by atoms with Crippen LogP contribution in [0.15, 0.2) is 36.5 Å². The summed E-state index contributed by atoms with van der Waals surface area (Å²) in [5, 5.41) is 19.9. The second-order valence-corrected chi connectivity index (χ2v) is 7.99. The molecular formula is C22H20N4O5. The number of hydrogen-bond acceptors (Lipinski definition) is 5. The van der Waals surface area contributed by atoms with Crippen LogP contribution in [0.1, 0.15) is 49.5 Å². The first-order valence-electron chi connectivity index (χ1n) is 9.97.